The second-order valence-corrected chi connectivity index (χ2v) is 9.72. The molecule has 14 heteroatoms. The quantitative estimate of drug-likeness (QED) is 0.0664. The molecule has 0 fully saturated rings. The van der Waals surface area contributed by atoms with E-state index in [2.05, 4.69) is 0 Å². The van der Waals surface area contributed by atoms with Crippen LogP contribution >= 0.6 is 0 Å². The number of anilines is 2. The van der Waals surface area contributed by atoms with Crippen molar-refractivity contribution in [2.24, 2.45) is 0 Å². The highest BCUT2D eigenvalue weighted by Gasteiger charge is 2.72. The van der Waals surface area contributed by atoms with Crippen molar-refractivity contribution >= 4 is 23.3 Å². The molecule has 0 unspecified atom stereocenters. The Balaban J connectivity index is 1.38. The number of hydrogen-bond acceptors (Lipinski definition) is 7. The Labute approximate surface area is 247 Å². The summed E-state index contributed by atoms with van der Waals surface area (Å²) in [7, 11) is 0. The van der Waals surface area contributed by atoms with E-state index in [1.165, 1.54) is 36.4 Å². The first-order chi connectivity index (χ1) is 20.6. The second-order valence-electron chi connectivity index (χ2n) is 9.72. The molecule has 0 bridgehead atoms. The highest BCUT2D eigenvalue weighted by molar-refractivity contribution is 5.91. The molecule has 0 radical (unpaired) electrons. The first kappa shape index (κ1) is 34.0. The number of halogens is 7. The third-order valence-corrected chi connectivity index (χ3v) is 6.37. The van der Waals surface area contributed by atoms with E-state index in [0.29, 0.717) is 24.2 Å². The van der Waals surface area contributed by atoms with E-state index in [1.54, 1.807) is 30.3 Å². The Morgan fingerprint density at radius 3 is 2.00 bits per heavy atom. The lowest BCUT2D eigenvalue weighted by Gasteiger charge is -2.28. The van der Waals surface area contributed by atoms with E-state index in [-0.39, 0.29) is 36.1 Å². The fourth-order valence-electron chi connectivity index (χ4n) is 3.86. The lowest BCUT2D eigenvalue weighted by Crippen LogP contribution is -2.51. The number of nitrogens with two attached hydrogens (primary N) is 2. The number of hydrogen-bond donors (Lipinski definition) is 2. The monoisotopic (exact) mass is 630 g/mol. The van der Waals surface area contributed by atoms with Gasteiger partial charge in [0.05, 0.1) is 18.8 Å². The molecule has 0 atom stereocenters. The molecule has 7 nitrogen and oxygen atoms in total. The maximum absolute atomic E-state index is 13.3. The van der Waals surface area contributed by atoms with E-state index in [9.17, 15) is 40.3 Å². The lowest BCUT2D eigenvalue weighted by atomic mass is 10.1. The van der Waals surface area contributed by atoms with Gasteiger partial charge in [0.1, 0.15) is 11.5 Å². The molecular formula is C30H29F7N2O5. The van der Waals surface area contributed by atoms with E-state index < -0.39 is 43.4 Å². The summed E-state index contributed by atoms with van der Waals surface area (Å²) in [4.78, 5) is 24.5. The average molecular weight is 631 g/mol. The molecule has 0 heterocycles. The number of esters is 2. The number of ether oxygens (including phenoxy) is 3. The van der Waals surface area contributed by atoms with E-state index >= 15 is 0 Å². The summed E-state index contributed by atoms with van der Waals surface area (Å²) >= 11 is 0. The van der Waals surface area contributed by atoms with Crippen molar-refractivity contribution in [1.29, 1.82) is 0 Å². The normalized spacial score (nSPS) is 12.1. The minimum absolute atomic E-state index is 0.0738. The lowest BCUT2D eigenvalue weighted by molar-refractivity contribution is -0.355. The van der Waals surface area contributed by atoms with Gasteiger partial charge < -0.3 is 25.7 Å². The maximum Gasteiger partial charge on any atom is 0.459 e. The Bertz CT molecular complexity index is 1410. The molecule has 44 heavy (non-hydrogen) atoms. The Morgan fingerprint density at radius 2 is 1.39 bits per heavy atom. The zero-order valence-electron chi connectivity index (χ0n) is 23.1. The maximum atomic E-state index is 13.3. The van der Waals surface area contributed by atoms with Crippen LogP contribution in [0.25, 0.3) is 0 Å². The van der Waals surface area contributed by atoms with Crippen LogP contribution in [0, 0.1) is 0 Å². The standard InChI is InChI=1S/C30H29F7N2O5/c31-28(32,29(33,34)30(35,36)37)15-1-16-42-23-11-6-21(7-12-23)27(41)44-24-9-2-19(3-10-24)4-13-26(40)43-17-14-20-5-8-22(38)18-25(20)39/h2-3,5-12,18H,1,4,13-17,38-39H2. The van der Waals surface area contributed by atoms with Crippen LogP contribution in [0.4, 0.5) is 42.1 Å². The third-order valence-electron chi connectivity index (χ3n) is 6.37. The summed E-state index contributed by atoms with van der Waals surface area (Å²) in [5, 5.41) is 0. The summed E-state index contributed by atoms with van der Waals surface area (Å²) in [6, 6.07) is 16.7. The molecule has 3 aromatic rings. The van der Waals surface area contributed by atoms with Crippen molar-refractivity contribution in [3.05, 3.63) is 83.4 Å². The molecule has 0 aromatic heterocycles. The van der Waals surface area contributed by atoms with E-state index in [0.717, 1.165) is 11.1 Å². The van der Waals surface area contributed by atoms with Crippen molar-refractivity contribution in [2.75, 3.05) is 24.7 Å². The van der Waals surface area contributed by atoms with Crippen LogP contribution in [0.1, 0.15) is 40.7 Å². The molecule has 0 saturated carbocycles. The summed E-state index contributed by atoms with van der Waals surface area (Å²) in [5.74, 6) is -12.3. The molecular weight excluding hydrogens is 601 g/mol. The minimum Gasteiger partial charge on any atom is -0.494 e. The minimum atomic E-state index is -6.38. The Hall–Kier alpha value is -4.49. The average Bonchev–Trinajstić information content (AvgIpc) is 2.95. The Morgan fingerprint density at radius 1 is 0.750 bits per heavy atom. The van der Waals surface area contributed by atoms with Crippen molar-refractivity contribution in [2.45, 2.75) is 50.1 Å². The fourth-order valence-corrected chi connectivity index (χ4v) is 3.86. The van der Waals surface area contributed by atoms with Gasteiger partial charge in [-0.3, -0.25) is 4.79 Å². The molecule has 0 amide bonds. The fraction of sp³-hybridized carbons (Fsp3) is 0.333. The smallest absolute Gasteiger partial charge is 0.459 e. The second kappa shape index (κ2) is 14.3. The van der Waals surface area contributed by atoms with Gasteiger partial charge in [0.15, 0.2) is 0 Å². The van der Waals surface area contributed by atoms with E-state index in [4.69, 9.17) is 25.7 Å². The summed E-state index contributed by atoms with van der Waals surface area (Å²) < 4.78 is 105. The summed E-state index contributed by atoms with van der Waals surface area (Å²) in [6.07, 6.45) is -7.93. The highest BCUT2D eigenvalue weighted by Crippen LogP contribution is 2.48. The molecule has 4 N–H and O–H groups in total. The van der Waals surface area contributed by atoms with Crippen LogP contribution in [-0.4, -0.2) is 43.2 Å². The van der Waals surface area contributed by atoms with Crippen molar-refractivity contribution in [3.8, 4) is 11.5 Å². The number of carbonyl (C=O) groups excluding carboxylic acids is 2. The number of alkyl halides is 7. The van der Waals surface area contributed by atoms with Gasteiger partial charge >= 0.3 is 30.0 Å². The van der Waals surface area contributed by atoms with Crippen LogP contribution in [0.15, 0.2) is 66.7 Å². The van der Waals surface area contributed by atoms with Gasteiger partial charge in [-0.1, -0.05) is 18.2 Å². The van der Waals surface area contributed by atoms with Crippen LogP contribution in [0.3, 0.4) is 0 Å². The van der Waals surface area contributed by atoms with Crippen molar-refractivity contribution < 1.29 is 54.5 Å². The molecule has 3 aromatic carbocycles. The highest BCUT2D eigenvalue weighted by atomic mass is 19.4. The molecule has 0 aliphatic carbocycles. The molecule has 0 spiro atoms. The van der Waals surface area contributed by atoms with Crippen molar-refractivity contribution in [3.63, 3.8) is 0 Å². The third kappa shape index (κ3) is 9.25. The number of nitrogen functional groups attached to an aromatic ring is 2. The zero-order valence-corrected chi connectivity index (χ0v) is 23.1. The molecule has 0 saturated heterocycles. The van der Waals surface area contributed by atoms with Gasteiger partial charge in [0, 0.05) is 30.6 Å². The van der Waals surface area contributed by atoms with Crippen LogP contribution in [0.5, 0.6) is 11.5 Å². The first-order valence-corrected chi connectivity index (χ1v) is 13.2. The van der Waals surface area contributed by atoms with Crippen LogP contribution in [0.2, 0.25) is 0 Å². The number of carbonyl (C=O) groups is 2. The van der Waals surface area contributed by atoms with Crippen LogP contribution in [-0.2, 0) is 22.4 Å². The number of aryl methyl sites for hydroxylation is 1. The Kier molecular flexibility index (Phi) is 11.1. The molecule has 0 aliphatic heterocycles. The van der Waals surface area contributed by atoms with Gasteiger partial charge in [-0.15, -0.1) is 0 Å². The predicted octanol–water partition coefficient (Wildman–Crippen LogP) is 6.78. The van der Waals surface area contributed by atoms with Gasteiger partial charge in [-0.25, -0.2) is 4.79 Å². The van der Waals surface area contributed by atoms with Gasteiger partial charge in [-0.2, -0.15) is 30.7 Å². The molecule has 0 aliphatic rings. The largest absolute Gasteiger partial charge is 0.494 e. The number of benzene rings is 3. The van der Waals surface area contributed by atoms with Crippen LogP contribution < -0.4 is 20.9 Å². The zero-order chi connectivity index (χ0) is 32.5. The topological polar surface area (TPSA) is 114 Å². The van der Waals surface area contributed by atoms with Gasteiger partial charge in [0.25, 0.3) is 0 Å². The summed E-state index contributed by atoms with van der Waals surface area (Å²) in [5.41, 5.74) is 14.3. The van der Waals surface area contributed by atoms with Gasteiger partial charge in [-0.05, 0) is 72.5 Å². The SMILES string of the molecule is Nc1ccc(CCOC(=O)CCc2ccc(OC(=O)c3ccc(OCCCC(F)(F)C(F)(F)C(F)(F)F)cc3)cc2)c(N)c1. The number of rotatable bonds is 14. The van der Waals surface area contributed by atoms with Gasteiger partial charge in [0.2, 0.25) is 0 Å². The first-order valence-electron chi connectivity index (χ1n) is 13.2. The molecule has 238 valence electrons. The predicted molar refractivity (Wildman–Crippen MR) is 147 cm³/mol. The van der Waals surface area contributed by atoms with E-state index in [1.807, 2.05) is 0 Å². The van der Waals surface area contributed by atoms with Crippen molar-refractivity contribution in [1.82, 2.24) is 0 Å². The summed E-state index contributed by atoms with van der Waals surface area (Å²) in [6.45, 7) is -0.392. The molecule has 3 rings (SSSR count).